The van der Waals surface area contributed by atoms with Gasteiger partial charge in [0.25, 0.3) is 5.91 Å². The third kappa shape index (κ3) is 4.25. The van der Waals surface area contributed by atoms with Gasteiger partial charge in [0.05, 0.1) is 12.2 Å². The summed E-state index contributed by atoms with van der Waals surface area (Å²) in [6.45, 7) is 2.90. The average Bonchev–Trinajstić information content (AvgIpc) is 2.49. The first kappa shape index (κ1) is 16.4. The van der Waals surface area contributed by atoms with Crippen LogP contribution in [0.4, 0.5) is 4.39 Å². The zero-order chi connectivity index (χ0) is 15.3. The van der Waals surface area contributed by atoms with Crippen LogP contribution in [-0.4, -0.2) is 39.3 Å². The first-order chi connectivity index (χ1) is 10.1. The number of methoxy groups -OCH3 is 1. The van der Waals surface area contributed by atoms with E-state index in [0.29, 0.717) is 17.6 Å². The molecule has 1 aromatic carbocycles. The minimum Gasteiger partial charge on any atom is -0.384 e. The number of benzene rings is 1. The molecule has 0 aliphatic carbocycles. The van der Waals surface area contributed by atoms with E-state index in [1.807, 2.05) is 0 Å². The summed E-state index contributed by atoms with van der Waals surface area (Å²) in [6, 6.07) is 4.36. The van der Waals surface area contributed by atoms with Crippen LogP contribution in [0.2, 0.25) is 0 Å². The molecule has 0 radical (unpaired) electrons. The zero-order valence-electron chi connectivity index (χ0n) is 12.0. The van der Waals surface area contributed by atoms with Gasteiger partial charge in [0, 0.05) is 23.5 Å². The number of hydrogen-bond donors (Lipinski definition) is 2. The molecule has 4 nitrogen and oxygen atoms in total. The highest BCUT2D eigenvalue weighted by molar-refractivity contribution is 9.10. The lowest BCUT2D eigenvalue weighted by Crippen LogP contribution is -2.47. The number of halogens is 2. The van der Waals surface area contributed by atoms with Gasteiger partial charge in [0.2, 0.25) is 0 Å². The van der Waals surface area contributed by atoms with E-state index in [9.17, 15) is 9.18 Å². The maximum absolute atomic E-state index is 13.7. The molecule has 2 rings (SSSR count). The summed E-state index contributed by atoms with van der Waals surface area (Å²) in [5.74, 6) is -0.899. The Morgan fingerprint density at radius 1 is 1.48 bits per heavy atom. The van der Waals surface area contributed by atoms with Crippen molar-refractivity contribution < 1.29 is 13.9 Å². The van der Waals surface area contributed by atoms with Gasteiger partial charge in [0.1, 0.15) is 5.82 Å². The molecule has 6 heteroatoms. The molecule has 1 aliphatic rings. The second-order valence-electron chi connectivity index (χ2n) is 5.49. The minimum atomic E-state index is -0.512. The molecule has 1 saturated heterocycles. The van der Waals surface area contributed by atoms with Crippen LogP contribution < -0.4 is 10.6 Å². The maximum Gasteiger partial charge on any atom is 0.254 e. The lowest BCUT2D eigenvalue weighted by molar-refractivity contribution is 0.0511. The van der Waals surface area contributed by atoms with Gasteiger partial charge in [-0.15, -0.1) is 0 Å². The van der Waals surface area contributed by atoms with Crippen molar-refractivity contribution in [3.05, 3.63) is 34.1 Å². The number of nitrogens with one attached hydrogen (secondary N) is 2. The molecule has 2 N–H and O–H groups in total. The van der Waals surface area contributed by atoms with Crippen molar-refractivity contribution in [1.29, 1.82) is 0 Å². The zero-order valence-corrected chi connectivity index (χ0v) is 13.6. The Morgan fingerprint density at radius 3 is 2.86 bits per heavy atom. The predicted octanol–water partition coefficient (Wildman–Crippen LogP) is 2.33. The maximum atomic E-state index is 13.7. The summed E-state index contributed by atoms with van der Waals surface area (Å²) >= 11 is 3.25. The van der Waals surface area contributed by atoms with E-state index in [0.717, 1.165) is 25.9 Å². The highest BCUT2D eigenvalue weighted by atomic mass is 79.9. The number of piperidine rings is 1. The van der Waals surface area contributed by atoms with Gasteiger partial charge in [-0.1, -0.05) is 15.9 Å². The minimum absolute atomic E-state index is 0.0610. The normalized spacial score (nSPS) is 17.5. The van der Waals surface area contributed by atoms with Crippen molar-refractivity contribution >= 4 is 21.8 Å². The number of rotatable bonds is 5. The summed E-state index contributed by atoms with van der Waals surface area (Å²) in [7, 11) is 1.67. The smallest absolute Gasteiger partial charge is 0.254 e. The van der Waals surface area contributed by atoms with Crippen molar-refractivity contribution in [2.24, 2.45) is 5.41 Å². The van der Waals surface area contributed by atoms with Crippen LogP contribution in [0.15, 0.2) is 22.7 Å². The van der Waals surface area contributed by atoms with Crippen LogP contribution in [0.5, 0.6) is 0 Å². The second-order valence-corrected chi connectivity index (χ2v) is 6.41. The lowest BCUT2D eigenvalue weighted by atomic mass is 9.79. The number of carbonyl (C=O) groups excluding carboxylic acids is 1. The molecule has 1 aliphatic heterocycles. The summed E-state index contributed by atoms with van der Waals surface area (Å²) in [4.78, 5) is 12.2. The lowest BCUT2D eigenvalue weighted by Gasteiger charge is -2.37. The van der Waals surface area contributed by atoms with Gasteiger partial charge >= 0.3 is 0 Å². The van der Waals surface area contributed by atoms with Crippen LogP contribution in [0.25, 0.3) is 0 Å². The van der Waals surface area contributed by atoms with E-state index in [4.69, 9.17) is 4.74 Å². The molecule has 0 bridgehead atoms. The first-order valence-electron chi connectivity index (χ1n) is 6.99. The molecule has 0 atom stereocenters. The van der Waals surface area contributed by atoms with Crippen LogP contribution in [0.3, 0.4) is 0 Å². The Hall–Kier alpha value is -0.980. The fraction of sp³-hybridized carbons (Fsp3) is 0.533. The van der Waals surface area contributed by atoms with Gasteiger partial charge in [0.15, 0.2) is 0 Å². The average molecular weight is 359 g/mol. The van der Waals surface area contributed by atoms with Gasteiger partial charge in [-0.05, 0) is 44.1 Å². The highest BCUT2D eigenvalue weighted by Crippen LogP contribution is 2.28. The number of hydrogen-bond acceptors (Lipinski definition) is 3. The molecule has 1 aromatic rings. The molecular weight excluding hydrogens is 339 g/mol. The van der Waals surface area contributed by atoms with Crippen LogP contribution in [-0.2, 0) is 4.74 Å². The van der Waals surface area contributed by atoms with Crippen LogP contribution in [0, 0.1) is 11.2 Å². The summed E-state index contributed by atoms with van der Waals surface area (Å²) in [6.07, 6.45) is 1.87. The summed E-state index contributed by atoms with van der Waals surface area (Å²) in [5, 5.41) is 6.15. The molecular formula is C15H20BrFN2O2. The Morgan fingerprint density at radius 2 is 2.19 bits per heavy atom. The largest absolute Gasteiger partial charge is 0.384 e. The van der Waals surface area contributed by atoms with Crippen molar-refractivity contribution in [3.8, 4) is 0 Å². The highest BCUT2D eigenvalue weighted by Gasteiger charge is 2.32. The molecule has 0 saturated carbocycles. The van der Waals surface area contributed by atoms with E-state index in [-0.39, 0.29) is 16.9 Å². The van der Waals surface area contributed by atoms with Crippen LogP contribution in [0.1, 0.15) is 23.2 Å². The Bertz CT molecular complexity index is 499. The first-order valence-corrected chi connectivity index (χ1v) is 7.78. The number of amides is 1. The molecule has 116 valence electrons. The molecule has 0 aromatic heterocycles. The van der Waals surface area contributed by atoms with Crippen LogP contribution >= 0.6 is 15.9 Å². The van der Waals surface area contributed by atoms with Gasteiger partial charge in [-0.25, -0.2) is 4.39 Å². The Kier molecular flexibility index (Phi) is 5.72. The fourth-order valence-electron chi connectivity index (χ4n) is 2.67. The third-order valence-electron chi connectivity index (χ3n) is 3.91. The third-order valence-corrected chi connectivity index (χ3v) is 4.40. The fourth-order valence-corrected chi connectivity index (χ4v) is 3.03. The Labute approximate surface area is 132 Å². The monoisotopic (exact) mass is 358 g/mol. The molecule has 1 fully saturated rings. The quantitative estimate of drug-likeness (QED) is 0.849. The second kappa shape index (κ2) is 7.33. The van der Waals surface area contributed by atoms with Crippen molar-refractivity contribution in [2.75, 3.05) is 33.4 Å². The SMILES string of the molecule is COCC1(CNC(=O)c2cc(Br)ccc2F)CCNCC1. The topological polar surface area (TPSA) is 50.4 Å². The molecule has 0 spiro atoms. The summed E-state index contributed by atoms with van der Waals surface area (Å²) < 4.78 is 19.7. The van der Waals surface area contributed by atoms with Crippen molar-refractivity contribution in [3.63, 3.8) is 0 Å². The van der Waals surface area contributed by atoms with E-state index < -0.39 is 5.82 Å². The molecule has 1 amide bonds. The Balaban J connectivity index is 2.03. The molecule has 0 unspecified atom stereocenters. The molecule has 21 heavy (non-hydrogen) atoms. The molecule has 1 heterocycles. The predicted molar refractivity (Wildman–Crippen MR) is 82.8 cm³/mol. The number of ether oxygens (including phenoxy) is 1. The van der Waals surface area contributed by atoms with Gasteiger partial charge in [-0.2, -0.15) is 0 Å². The van der Waals surface area contributed by atoms with E-state index >= 15 is 0 Å². The van der Waals surface area contributed by atoms with Gasteiger partial charge < -0.3 is 15.4 Å². The van der Waals surface area contributed by atoms with E-state index in [2.05, 4.69) is 26.6 Å². The van der Waals surface area contributed by atoms with Crippen molar-refractivity contribution in [2.45, 2.75) is 12.8 Å². The van der Waals surface area contributed by atoms with E-state index in [1.165, 1.54) is 12.1 Å². The van der Waals surface area contributed by atoms with Gasteiger partial charge in [-0.3, -0.25) is 4.79 Å². The summed E-state index contributed by atoms with van der Waals surface area (Å²) in [5.41, 5.74) is -0.0103. The standard InChI is InChI=1S/C15H20BrFN2O2/c1-21-10-15(4-6-18-7-5-15)9-19-14(20)12-8-11(16)2-3-13(12)17/h2-3,8,18H,4-7,9-10H2,1H3,(H,19,20). The van der Waals surface area contributed by atoms with Crippen molar-refractivity contribution in [1.82, 2.24) is 10.6 Å². The number of carbonyl (C=O) groups is 1. The van der Waals surface area contributed by atoms with E-state index in [1.54, 1.807) is 13.2 Å².